The van der Waals surface area contributed by atoms with Crippen LogP contribution in [0.3, 0.4) is 0 Å². The van der Waals surface area contributed by atoms with E-state index in [0.717, 1.165) is 57.8 Å². The number of ether oxygens (including phenoxy) is 1. The highest BCUT2D eigenvalue weighted by Crippen LogP contribution is 2.39. The second kappa shape index (κ2) is 13.8. The van der Waals surface area contributed by atoms with Crippen LogP contribution in [0.4, 0.5) is 17.6 Å². The molecular weight excluding hydrogens is 500 g/mol. The van der Waals surface area contributed by atoms with Crippen LogP contribution < -0.4 is 4.74 Å². The highest BCUT2D eigenvalue weighted by Gasteiger charge is 2.26. The lowest BCUT2D eigenvalue weighted by atomic mass is 9.78. The molecule has 1 aliphatic carbocycles. The Balaban J connectivity index is 1.45. The zero-order valence-electron chi connectivity index (χ0n) is 22.9. The Hall–Kier alpha value is -3.08. The van der Waals surface area contributed by atoms with E-state index in [9.17, 15) is 8.78 Å². The first-order valence-electron chi connectivity index (χ1n) is 14.3. The second-order valence-corrected chi connectivity index (χ2v) is 10.5. The van der Waals surface area contributed by atoms with Gasteiger partial charge in [-0.2, -0.15) is 4.39 Å². The lowest BCUT2D eigenvalue weighted by Gasteiger charge is -2.27. The van der Waals surface area contributed by atoms with Crippen molar-refractivity contribution in [2.75, 3.05) is 6.61 Å². The van der Waals surface area contributed by atoms with Crippen LogP contribution in [0.5, 0.6) is 5.75 Å². The van der Waals surface area contributed by atoms with Crippen LogP contribution >= 0.6 is 0 Å². The van der Waals surface area contributed by atoms with E-state index in [4.69, 9.17) is 4.74 Å². The first-order chi connectivity index (χ1) is 18.9. The summed E-state index contributed by atoms with van der Waals surface area (Å²) in [7, 11) is 0. The van der Waals surface area contributed by atoms with Crippen molar-refractivity contribution in [1.29, 1.82) is 0 Å². The van der Waals surface area contributed by atoms with E-state index >= 15 is 8.78 Å². The van der Waals surface area contributed by atoms with E-state index in [1.54, 1.807) is 36.4 Å². The normalized spacial score (nSPS) is 17.6. The van der Waals surface area contributed by atoms with Crippen molar-refractivity contribution >= 4 is 0 Å². The third-order valence-electron chi connectivity index (χ3n) is 7.85. The number of allylic oxidation sites excluding steroid dienone is 2. The summed E-state index contributed by atoms with van der Waals surface area (Å²) >= 11 is 0. The van der Waals surface area contributed by atoms with Crippen molar-refractivity contribution in [2.45, 2.75) is 77.6 Å². The van der Waals surface area contributed by atoms with Gasteiger partial charge in [0.1, 0.15) is 0 Å². The molecule has 4 rings (SSSR count). The summed E-state index contributed by atoms with van der Waals surface area (Å²) in [5.74, 6) is -3.24. The predicted octanol–water partition coefficient (Wildman–Crippen LogP) is 10.8. The fraction of sp³-hybridized carbons (Fsp3) is 0.412. The first-order valence-corrected chi connectivity index (χ1v) is 14.3. The SMILES string of the molecule is C/C=C/C1CCC(c2ccc(-c3ccc(-c4ccc(OCCCCCCC)c(F)c4F)cc3)c(F)c2F)CC1. The van der Waals surface area contributed by atoms with Crippen LogP contribution in [-0.4, -0.2) is 6.61 Å². The molecule has 0 aliphatic heterocycles. The number of rotatable bonds is 11. The van der Waals surface area contributed by atoms with Gasteiger partial charge >= 0.3 is 0 Å². The van der Waals surface area contributed by atoms with Gasteiger partial charge in [-0.15, -0.1) is 0 Å². The molecule has 1 nitrogen and oxygen atoms in total. The molecule has 39 heavy (non-hydrogen) atoms. The van der Waals surface area contributed by atoms with Crippen molar-refractivity contribution in [3.63, 3.8) is 0 Å². The fourth-order valence-corrected chi connectivity index (χ4v) is 5.58. The first kappa shape index (κ1) is 28.9. The summed E-state index contributed by atoms with van der Waals surface area (Å²) in [5.41, 5.74) is 1.59. The van der Waals surface area contributed by atoms with Gasteiger partial charge in [-0.3, -0.25) is 0 Å². The fourth-order valence-electron chi connectivity index (χ4n) is 5.58. The molecule has 3 aromatic rings. The predicted molar refractivity (Wildman–Crippen MR) is 151 cm³/mol. The number of benzene rings is 3. The molecule has 0 atom stereocenters. The van der Waals surface area contributed by atoms with Crippen molar-refractivity contribution < 1.29 is 22.3 Å². The summed E-state index contributed by atoms with van der Waals surface area (Å²) in [6, 6.07) is 12.6. The molecule has 1 saturated carbocycles. The van der Waals surface area contributed by atoms with Crippen LogP contribution in [0.1, 0.15) is 83.1 Å². The minimum Gasteiger partial charge on any atom is -0.490 e. The number of halogens is 4. The Labute approximate surface area is 229 Å². The van der Waals surface area contributed by atoms with Gasteiger partial charge in [-0.05, 0) is 79.7 Å². The minimum atomic E-state index is -1.02. The highest BCUT2D eigenvalue weighted by atomic mass is 19.2. The smallest absolute Gasteiger partial charge is 0.201 e. The molecule has 0 saturated heterocycles. The third kappa shape index (κ3) is 6.93. The summed E-state index contributed by atoms with van der Waals surface area (Å²) in [5, 5.41) is 0. The summed E-state index contributed by atoms with van der Waals surface area (Å²) < 4.78 is 65.3. The quantitative estimate of drug-likeness (QED) is 0.134. The number of hydrogen-bond acceptors (Lipinski definition) is 1. The molecule has 0 heterocycles. The Morgan fingerprint density at radius 3 is 1.90 bits per heavy atom. The van der Waals surface area contributed by atoms with Gasteiger partial charge in [0.05, 0.1) is 6.61 Å². The number of hydrogen-bond donors (Lipinski definition) is 0. The van der Waals surface area contributed by atoms with Gasteiger partial charge in [0.25, 0.3) is 0 Å². The molecule has 0 unspecified atom stereocenters. The molecule has 0 amide bonds. The van der Waals surface area contributed by atoms with E-state index in [2.05, 4.69) is 19.1 Å². The third-order valence-corrected chi connectivity index (χ3v) is 7.85. The highest BCUT2D eigenvalue weighted by molar-refractivity contribution is 5.72. The van der Waals surface area contributed by atoms with Crippen LogP contribution in [-0.2, 0) is 0 Å². The Morgan fingerprint density at radius 2 is 1.28 bits per heavy atom. The van der Waals surface area contributed by atoms with Crippen LogP contribution in [0.15, 0.2) is 60.7 Å². The second-order valence-electron chi connectivity index (χ2n) is 10.5. The summed E-state index contributed by atoms with van der Waals surface area (Å²) in [4.78, 5) is 0. The summed E-state index contributed by atoms with van der Waals surface area (Å²) in [6.45, 7) is 4.48. The average Bonchev–Trinajstić information content (AvgIpc) is 2.95. The summed E-state index contributed by atoms with van der Waals surface area (Å²) in [6.07, 6.45) is 13.1. The zero-order chi connectivity index (χ0) is 27.8. The molecule has 0 bridgehead atoms. The van der Waals surface area contributed by atoms with Crippen molar-refractivity contribution in [3.05, 3.63) is 89.5 Å². The Morgan fingerprint density at radius 1 is 0.692 bits per heavy atom. The van der Waals surface area contributed by atoms with Gasteiger partial charge in [0, 0.05) is 11.1 Å². The van der Waals surface area contributed by atoms with Crippen molar-refractivity contribution in [3.8, 4) is 28.0 Å². The monoisotopic (exact) mass is 538 g/mol. The lowest BCUT2D eigenvalue weighted by molar-refractivity contribution is 0.285. The van der Waals surface area contributed by atoms with Crippen molar-refractivity contribution in [2.24, 2.45) is 5.92 Å². The van der Waals surface area contributed by atoms with Gasteiger partial charge in [-0.1, -0.05) is 81.2 Å². The Bertz CT molecular complexity index is 1260. The van der Waals surface area contributed by atoms with Crippen LogP contribution in [0, 0.1) is 29.2 Å². The van der Waals surface area contributed by atoms with Crippen LogP contribution in [0.25, 0.3) is 22.3 Å². The van der Waals surface area contributed by atoms with Gasteiger partial charge in [-0.25, -0.2) is 13.2 Å². The topological polar surface area (TPSA) is 9.23 Å². The van der Waals surface area contributed by atoms with Gasteiger partial charge in [0.15, 0.2) is 23.2 Å². The number of unbranched alkanes of at least 4 members (excludes halogenated alkanes) is 4. The molecule has 0 spiro atoms. The molecule has 5 heteroatoms. The zero-order valence-corrected chi connectivity index (χ0v) is 22.9. The Kier molecular flexibility index (Phi) is 10.2. The lowest BCUT2D eigenvalue weighted by Crippen LogP contribution is -2.13. The van der Waals surface area contributed by atoms with E-state index < -0.39 is 23.3 Å². The van der Waals surface area contributed by atoms with Gasteiger partial charge < -0.3 is 4.74 Å². The van der Waals surface area contributed by atoms with E-state index in [0.29, 0.717) is 29.2 Å². The molecule has 1 aliphatic rings. The van der Waals surface area contributed by atoms with Gasteiger partial charge in [0.2, 0.25) is 5.82 Å². The molecule has 208 valence electrons. The van der Waals surface area contributed by atoms with E-state index in [1.165, 1.54) is 12.1 Å². The molecule has 1 fully saturated rings. The molecule has 0 aromatic heterocycles. The van der Waals surface area contributed by atoms with Crippen molar-refractivity contribution in [1.82, 2.24) is 0 Å². The average molecular weight is 539 g/mol. The maximum absolute atomic E-state index is 15.2. The molecule has 3 aromatic carbocycles. The maximum Gasteiger partial charge on any atom is 0.201 e. The van der Waals surface area contributed by atoms with E-state index in [-0.39, 0.29) is 22.8 Å². The minimum absolute atomic E-state index is 0.0170. The molecule has 0 radical (unpaired) electrons. The standard InChI is InChI=1S/C34H38F4O/c1-3-5-6-7-8-22-39-30-21-20-29(33(37)34(30)38)26-16-14-25(15-17-26)28-19-18-27(31(35)32(28)36)24-12-10-23(9-4-2)11-13-24/h4,9,14-21,23-24H,3,5-8,10-13,22H2,1-2H3/b9-4+. The largest absolute Gasteiger partial charge is 0.490 e. The van der Waals surface area contributed by atoms with E-state index in [1.807, 2.05) is 6.92 Å². The maximum atomic E-state index is 15.2. The molecule has 0 N–H and O–H groups in total. The van der Waals surface area contributed by atoms with Crippen LogP contribution in [0.2, 0.25) is 0 Å². The molecular formula is C34H38F4O.